The zero-order valence-corrected chi connectivity index (χ0v) is 15.8. The number of amides is 1. The summed E-state index contributed by atoms with van der Waals surface area (Å²) >= 11 is 0. The summed E-state index contributed by atoms with van der Waals surface area (Å²) in [4.78, 5) is 27.2. The number of carbonyl (C=O) groups excluding carboxylic acids is 2. The van der Waals surface area contributed by atoms with E-state index < -0.39 is 11.5 Å². The lowest BCUT2D eigenvalue weighted by molar-refractivity contribution is -0.151. The molecule has 2 aromatic carbocycles. The SMILES string of the molecule is COC(=O)C(C)(C)N(Cc1ccccc1)C(=O)c1ccc2c(c1)nnn2C. The molecule has 0 radical (unpaired) electrons. The molecule has 1 amide bonds. The molecule has 3 rings (SSSR count). The number of ether oxygens (including phenoxy) is 1. The van der Waals surface area contributed by atoms with Gasteiger partial charge in [0, 0.05) is 19.2 Å². The Morgan fingerprint density at radius 3 is 2.52 bits per heavy atom. The van der Waals surface area contributed by atoms with Crippen molar-refractivity contribution in [3.8, 4) is 0 Å². The molecule has 3 aromatic rings. The van der Waals surface area contributed by atoms with Gasteiger partial charge in [-0.2, -0.15) is 0 Å². The Kier molecular flexibility index (Phi) is 4.94. The van der Waals surface area contributed by atoms with Gasteiger partial charge in [0.25, 0.3) is 5.91 Å². The van der Waals surface area contributed by atoms with Crippen molar-refractivity contribution >= 4 is 22.9 Å². The number of benzene rings is 2. The molecule has 0 unspecified atom stereocenters. The quantitative estimate of drug-likeness (QED) is 0.649. The number of aromatic nitrogens is 3. The summed E-state index contributed by atoms with van der Waals surface area (Å²) in [6, 6.07) is 14.7. The van der Waals surface area contributed by atoms with Crippen LogP contribution in [0.2, 0.25) is 0 Å². The van der Waals surface area contributed by atoms with Crippen molar-refractivity contribution in [3.05, 3.63) is 59.7 Å². The largest absolute Gasteiger partial charge is 0.467 e. The van der Waals surface area contributed by atoms with Gasteiger partial charge in [-0.3, -0.25) is 4.79 Å². The Balaban J connectivity index is 2.01. The van der Waals surface area contributed by atoms with Gasteiger partial charge in [-0.25, -0.2) is 9.48 Å². The number of hydrogen-bond acceptors (Lipinski definition) is 5. The van der Waals surface area contributed by atoms with Crippen LogP contribution < -0.4 is 0 Å². The molecular weight excluding hydrogens is 344 g/mol. The fourth-order valence-electron chi connectivity index (χ4n) is 2.98. The molecule has 0 fully saturated rings. The second-order valence-electron chi connectivity index (χ2n) is 6.84. The summed E-state index contributed by atoms with van der Waals surface area (Å²) in [5, 5.41) is 8.04. The number of esters is 1. The van der Waals surface area contributed by atoms with Crippen LogP contribution in [0.25, 0.3) is 11.0 Å². The maximum absolute atomic E-state index is 13.3. The van der Waals surface area contributed by atoms with E-state index in [1.54, 1.807) is 43.8 Å². The highest BCUT2D eigenvalue weighted by Gasteiger charge is 2.39. The lowest BCUT2D eigenvalue weighted by Crippen LogP contribution is -2.53. The first kappa shape index (κ1) is 18.6. The third-order valence-corrected chi connectivity index (χ3v) is 4.65. The third kappa shape index (κ3) is 3.53. The van der Waals surface area contributed by atoms with Crippen molar-refractivity contribution in [3.63, 3.8) is 0 Å². The Labute approximate surface area is 157 Å². The highest BCUT2D eigenvalue weighted by molar-refractivity contribution is 6.00. The zero-order valence-electron chi connectivity index (χ0n) is 15.8. The van der Waals surface area contributed by atoms with Gasteiger partial charge in [0.1, 0.15) is 11.1 Å². The molecule has 0 N–H and O–H groups in total. The van der Waals surface area contributed by atoms with Crippen molar-refractivity contribution in [2.24, 2.45) is 7.05 Å². The number of aryl methyl sites for hydroxylation is 1. The maximum Gasteiger partial charge on any atom is 0.331 e. The molecule has 7 nitrogen and oxygen atoms in total. The van der Waals surface area contributed by atoms with Gasteiger partial charge in [0.2, 0.25) is 0 Å². The highest BCUT2D eigenvalue weighted by atomic mass is 16.5. The molecule has 0 aliphatic carbocycles. The molecule has 0 saturated heterocycles. The Morgan fingerprint density at radius 2 is 1.85 bits per heavy atom. The van der Waals surface area contributed by atoms with E-state index in [0.29, 0.717) is 11.1 Å². The van der Waals surface area contributed by atoms with E-state index >= 15 is 0 Å². The molecule has 0 atom stereocenters. The number of hydrogen-bond donors (Lipinski definition) is 0. The molecule has 1 aromatic heterocycles. The van der Waals surface area contributed by atoms with Crippen molar-refractivity contribution in [1.29, 1.82) is 0 Å². The van der Waals surface area contributed by atoms with Gasteiger partial charge in [-0.05, 0) is 37.6 Å². The van der Waals surface area contributed by atoms with Crippen molar-refractivity contribution in [1.82, 2.24) is 19.9 Å². The van der Waals surface area contributed by atoms with Crippen molar-refractivity contribution < 1.29 is 14.3 Å². The van der Waals surface area contributed by atoms with E-state index in [9.17, 15) is 9.59 Å². The molecule has 0 spiro atoms. The van der Waals surface area contributed by atoms with Gasteiger partial charge in [0.15, 0.2) is 0 Å². The number of carbonyl (C=O) groups is 2. The second-order valence-corrected chi connectivity index (χ2v) is 6.84. The highest BCUT2D eigenvalue weighted by Crippen LogP contribution is 2.24. The van der Waals surface area contributed by atoms with Crippen LogP contribution in [0.1, 0.15) is 29.8 Å². The number of rotatable bonds is 5. The van der Waals surface area contributed by atoms with Crippen LogP contribution in [-0.4, -0.2) is 44.4 Å². The van der Waals surface area contributed by atoms with Crippen LogP contribution in [0, 0.1) is 0 Å². The number of methoxy groups -OCH3 is 1. The summed E-state index contributed by atoms with van der Waals surface area (Å²) in [6.07, 6.45) is 0. The van der Waals surface area contributed by atoms with E-state index in [0.717, 1.165) is 11.1 Å². The molecule has 0 aliphatic rings. The van der Waals surface area contributed by atoms with Crippen molar-refractivity contribution in [2.45, 2.75) is 25.9 Å². The first-order chi connectivity index (χ1) is 12.8. The predicted octanol–water partition coefficient (Wildman–Crippen LogP) is 2.56. The minimum Gasteiger partial charge on any atom is -0.467 e. The average Bonchev–Trinajstić information content (AvgIpc) is 3.05. The van der Waals surface area contributed by atoms with Gasteiger partial charge in [-0.15, -0.1) is 5.10 Å². The topological polar surface area (TPSA) is 77.3 Å². The molecule has 0 bridgehead atoms. The second kappa shape index (κ2) is 7.19. The molecule has 1 heterocycles. The minimum absolute atomic E-state index is 0.276. The predicted molar refractivity (Wildman–Crippen MR) is 101 cm³/mol. The molecule has 0 saturated carbocycles. The van der Waals surface area contributed by atoms with Crippen LogP contribution in [0.4, 0.5) is 0 Å². The van der Waals surface area contributed by atoms with Crippen LogP contribution in [0.15, 0.2) is 48.5 Å². The summed E-state index contributed by atoms with van der Waals surface area (Å²) in [7, 11) is 3.11. The first-order valence-corrected chi connectivity index (χ1v) is 8.58. The zero-order chi connectivity index (χ0) is 19.6. The molecule has 0 aliphatic heterocycles. The smallest absolute Gasteiger partial charge is 0.331 e. The van der Waals surface area contributed by atoms with Crippen LogP contribution in [0.5, 0.6) is 0 Å². The van der Waals surface area contributed by atoms with Crippen LogP contribution >= 0.6 is 0 Å². The summed E-state index contributed by atoms with van der Waals surface area (Å²) < 4.78 is 6.58. The molecular formula is C20H22N4O3. The molecule has 140 valence electrons. The van der Waals surface area contributed by atoms with Crippen molar-refractivity contribution in [2.75, 3.05) is 7.11 Å². The van der Waals surface area contributed by atoms with Gasteiger partial charge >= 0.3 is 5.97 Å². The maximum atomic E-state index is 13.3. The van der Waals surface area contributed by atoms with E-state index in [1.807, 2.05) is 30.3 Å². The van der Waals surface area contributed by atoms with E-state index in [-0.39, 0.29) is 12.5 Å². The normalized spacial score (nSPS) is 11.4. The average molecular weight is 366 g/mol. The Hall–Kier alpha value is -3.22. The lowest BCUT2D eigenvalue weighted by Gasteiger charge is -2.36. The van der Waals surface area contributed by atoms with E-state index in [2.05, 4.69) is 10.3 Å². The Morgan fingerprint density at radius 1 is 1.15 bits per heavy atom. The molecule has 7 heteroatoms. The number of fused-ring (bicyclic) bond motifs is 1. The first-order valence-electron chi connectivity index (χ1n) is 8.58. The van der Waals surface area contributed by atoms with E-state index in [4.69, 9.17) is 4.74 Å². The summed E-state index contributed by atoms with van der Waals surface area (Å²) in [5.74, 6) is -0.755. The van der Waals surface area contributed by atoms with Gasteiger partial charge in [0.05, 0.1) is 12.6 Å². The van der Waals surface area contributed by atoms with Crippen LogP contribution in [-0.2, 0) is 23.1 Å². The van der Waals surface area contributed by atoms with Gasteiger partial charge in [-0.1, -0.05) is 35.5 Å². The fourth-order valence-corrected chi connectivity index (χ4v) is 2.98. The standard InChI is InChI=1S/C20H22N4O3/c1-20(2,19(26)27-4)24(13-14-8-6-5-7-9-14)18(25)15-10-11-17-16(12-15)21-22-23(17)3/h5-12H,13H2,1-4H3. The third-order valence-electron chi connectivity index (χ3n) is 4.65. The summed E-state index contributed by atoms with van der Waals surface area (Å²) in [6.45, 7) is 3.64. The van der Waals surface area contributed by atoms with Crippen LogP contribution in [0.3, 0.4) is 0 Å². The molecule has 27 heavy (non-hydrogen) atoms. The van der Waals surface area contributed by atoms with Gasteiger partial charge < -0.3 is 9.64 Å². The Bertz CT molecular complexity index is 979. The monoisotopic (exact) mass is 366 g/mol. The summed E-state index contributed by atoms with van der Waals surface area (Å²) in [5.41, 5.74) is 1.67. The fraction of sp³-hybridized carbons (Fsp3) is 0.300. The number of nitrogens with zero attached hydrogens (tertiary/aromatic N) is 4. The lowest BCUT2D eigenvalue weighted by atomic mass is 9.99. The minimum atomic E-state index is -1.14. The van der Waals surface area contributed by atoms with E-state index in [1.165, 1.54) is 12.0 Å².